The average Bonchev–Trinajstić information content (AvgIpc) is 2.68. The normalized spacial score (nSPS) is 26.9. The van der Waals surface area contributed by atoms with E-state index in [0.717, 1.165) is 17.0 Å². The van der Waals surface area contributed by atoms with E-state index in [2.05, 4.69) is 6.92 Å². The summed E-state index contributed by atoms with van der Waals surface area (Å²) in [5.41, 5.74) is 1.07. The summed E-state index contributed by atoms with van der Waals surface area (Å²) >= 11 is 6.10. The van der Waals surface area contributed by atoms with E-state index in [-0.39, 0.29) is 6.10 Å². The molecule has 1 N–H and O–H groups in total. The van der Waals surface area contributed by atoms with Crippen molar-refractivity contribution < 1.29 is 5.11 Å². The van der Waals surface area contributed by atoms with Crippen LogP contribution < -0.4 is 0 Å². The van der Waals surface area contributed by atoms with Crippen LogP contribution in [0.4, 0.5) is 0 Å². The molecule has 1 aromatic rings. The molecule has 1 aliphatic rings. The molecule has 2 rings (SSSR count). The SMILES string of the molecule is CC1CCCC1C(O)Cc1ccccc1Cl. The van der Waals surface area contributed by atoms with Gasteiger partial charge in [0.25, 0.3) is 0 Å². The van der Waals surface area contributed by atoms with Gasteiger partial charge in [-0.25, -0.2) is 0 Å². The fraction of sp³-hybridized carbons (Fsp3) is 0.571. The lowest BCUT2D eigenvalue weighted by molar-refractivity contribution is 0.0902. The number of aliphatic hydroxyl groups is 1. The van der Waals surface area contributed by atoms with Gasteiger partial charge in [-0.2, -0.15) is 0 Å². The molecule has 1 aliphatic carbocycles. The first-order valence-electron chi connectivity index (χ1n) is 6.10. The summed E-state index contributed by atoms with van der Waals surface area (Å²) in [7, 11) is 0. The van der Waals surface area contributed by atoms with E-state index in [1.54, 1.807) is 0 Å². The van der Waals surface area contributed by atoms with Crippen LogP contribution in [0.25, 0.3) is 0 Å². The maximum Gasteiger partial charge on any atom is 0.0611 e. The molecule has 1 aromatic carbocycles. The number of hydrogen-bond acceptors (Lipinski definition) is 1. The number of aliphatic hydroxyl groups excluding tert-OH is 1. The van der Waals surface area contributed by atoms with Crippen molar-refractivity contribution in [1.82, 2.24) is 0 Å². The molecule has 3 unspecified atom stereocenters. The predicted octanol–water partition coefficient (Wildman–Crippen LogP) is 3.68. The molecule has 0 radical (unpaired) electrons. The highest BCUT2D eigenvalue weighted by molar-refractivity contribution is 6.31. The van der Waals surface area contributed by atoms with Crippen LogP contribution in [0.1, 0.15) is 31.7 Å². The van der Waals surface area contributed by atoms with Crippen LogP contribution in [0.15, 0.2) is 24.3 Å². The Morgan fingerprint density at radius 1 is 1.38 bits per heavy atom. The molecular formula is C14H19ClO. The molecule has 0 spiro atoms. The van der Waals surface area contributed by atoms with Crippen molar-refractivity contribution in [2.75, 3.05) is 0 Å². The Kier molecular flexibility index (Phi) is 3.88. The van der Waals surface area contributed by atoms with E-state index in [0.29, 0.717) is 18.3 Å². The average molecular weight is 239 g/mol. The summed E-state index contributed by atoms with van der Waals surface area (Å²) in [4.78, 5) is 0. The van der Waals surface area contributed by atoms with Gasteiger partial charge in [0, 0.05) is 11.4 Å². The first-order chi connectivity index (χ1) is 7.68. The van der Waals surface area contributed by atoms with Crippen molar-refractivity contribution >= 4 is 11.6 Å². The van der Waals surface area contributed by atoms with Crippen molar-refractivity contribution in [3.63, 3.8) is 0 Å². The van der Waals surface area contributed by atoms with E-state index >= 15 is 0 Å². The molecule has 1 fully saturated rings. The van der Waals surface area contributed by atoms with Crippen LogP contribution in [0, 0.1) is 11.8 Å². The van der Waals surface area contributed by atoms with Gasteiger partial charge < -0.3 is 5.11 Å². The lowest BCUT2D eigenvalue weighted by Gasteiger charge is -2.22. The Bertz CT molecular complexity index is 350. The Balaban J connectivity index is 2.02. The molecule has 3 atom stereocenters. The highest BCUT2D eigenvalue weighted by atomic mass is 35.5. The minimum atomic E-state index is -0.239. The van der Waals surface area contributed by atoms with Crippen LogP contribution in [-0.4, -0.2) is 11.2 Å². The van der Waals surface area contributed by atoms with Gasteiger partial charge >= 0.3 is 0 Å². The number of hydrogen-bond donors (Lipinski definition) is 1. The zero-order valence-corrected chi connectivity index (χ0v) is 10.5. The summed E-state index contributed by atoms with van der Waals surface area (Å²) in [5.74, 6) is 1.11. The van der Waals surface area contributed by atoms with E-state index < -0.39 is 0 Å². The molecule has 2 heteroatoms. The Morgan fingerprint density at radius 2 is 2.12 bits per heavy atom. The molecule has 0 aliphatic heterocycles. The van der Waals surface area contributed by atoms with Crippen LogP contribution in [0.2, 0.25) is 5.02 Å². The molecule has 0 aromatic heterocycles. The standard InChI is InChI=1S/C14H19ClO/c1-10-5-4-7-12(10)14(16)9-11-6-2-3-8-13(11)15/h2-3,6,8,10,12,14,16H,4-5,7,9H2,1H3. The van der Waals surface area contributed by atoms with Crippen molar-refractivity contribution in [1.29, 1.82) is 0 Å². The van der Waals surface area contributed by atoms with Crippen LogP contribution >= 0.6 is 11.6 Å². The van der Waals surface area contributed by atoms with Crippen molar-refractivity contribution in [3.05, 3.63) is 34.9 Å². The topological polar surface area (TPSA) is 20.2 Å². The highest BCUT2D eigenvalue weighted by Crippen LogP contribution is 2.35. The maximum atomic E-state index is 10.2. The van der Waals surface area contributed by atoms with E-state index in [4.69, 9.17) is 11.6 Å². The van der Waals surface area contributed by atoms with E-state index in [1.807, 2.05) is 24.3 Å². The van der Waals surface area contributed by atoms with Crippen molar-refractivity contribution in [3.8, 4) is 0 Å². The monoisotopic (exact) mass is 238 g/mol. The van der Waals surface area contributed by atoms with Crippen molar-refractivity contribution in [2.45, 2.75) is 38.7 Å². The van der Waals surface area contributed by atoms with Gasteiger partial charge in [0.15, 0.2) is 0 Å². The summed E-state index contributed by atoms with van der Waals surface area (Å²) in [6.07, 6.45) is 4.12. The lowest BCUT2D eigenvalue weighted by atomic mass is 9.88. The minimum Gasteiger partial charge on any atom is -0.392 e. The fourth-order valence-corrected chi connectivity index (χ4v) is 3.00. The molecule has 0 heterocycles. The summed E-state index contributed by atoms with van der Waals surface area (Å²) in [6, 6.07) is 7.80. The molecule has 0 amide bonds. The molecule has 1 nitrogen and oxygen atoms in total. The van der Waals surface area contributed by atoms with E-state index in [1.165, 1.54) is 12.8 Å². The van der Waals surface area contributed by atoms with Gasteiger partial charge in [0.05, 0.1) is 6.10 Å². The van der Waals surface area contributed by atoms with Gasteiger partial charge in [0.2, 0.25) is 0 Å². The van der Waals surface area contributed by atoms with Gasteiger partial charge in [-0.3, -0.25) is 0 Å². The first kappa shape index (κ1) is 11.9. The van der Waals surface area contributed by atoms with Gasteiger partial charge in [-0.1, -0.05) is 49.6 Å². The fourth-order valence-electron chi connectivity index (χ4n) is 2.79. The second-order valence-corrected chi connectivity index (χ2v) is 5.34. The molecule has 16 heavy (non-hydrogen) atoms. The Labute approximate surface area is 102 Å². The number of rotatable bonds is 3. The van der Waals surface area contributed by atoms with Crippen LogP contribution in [0.3, 0.4) is 0 Å². The molecule has 88 valence electrons. The summed E-state index contributed by atoms with van der Waals surface area (Å²) in [6.45, 7) is 2.24. The maximum absolute atomic E-state index is 10.2. The third kappa shape index (κ3) is 2.58. The number of halogens is 1. The smallest absolute Gasteiger partial charge is 0.0611 e. The molecular weight excluding hydrogens is 220 g/mol. The third-order valence-electron chi connectivity index (χ3n) is 3.81. The van der Waals surface area contributed by atoms with Crippen LogP contribution in [-0.2, 0) is 6.42 Å². The van der Waals surface area contributed by atoms with E-state index in [9.17, 15) is 5.11 Å². The molecule has 1 saturated carbocycles. The predicted molar refractivity (Wildman–Crippen MR) is 67.7 cm³/mol. The quantitative estimate of drug-likeness (QED) is 0.852. The highest BCUT2D eigenvalue weighted by Gasteiger charge is 2.29. The largest absolute Gasteiger partial charge is 0.392 e. The minimum absolute atomic E-state index is 0.239. The van der Waals surface area contributed by atoms with Crippen LogP contribution in [0.5, 0.6) is 0 Å². The second-order valence-electron chi connectivity index (χ2n) is 4.93. The van der Waals surface area contributed by atoms with Crippen molar-refractivity contribution in [2.24, 2.45) is 11.8 Å². The summed E-state index contributed by atoms with van der Waals surface area (Å²) < 4.78 is 0. The lowest BCUT2D eigenvalue weighted by Crippen LogP contribution is -2.24. The first-order valence-corrected chi connectivity index (χ1v) is 6.47. The summed E-state index contributed by atoms with van der Waals surface area (Å²) in [5, 5.41) is 11.0. The Hall–Kier alpha value is -0.530. The second kappa shape index (κ2) is 5.20. The third-order valence-corrected chi connectivity index (χ3v) is 4.18. The number of benzene rings is 1. The van der Waals surface area contributed by atoms with Gasteiger partial charge in [0.1, 0.15) is 0 Å². The van der Waals surface area contributed by atoms with Gasteiger partial charge in [-0.05, 0) is 29.9 Å². The molecule has 0 saturated heterocycles. The Morgan fingerprint density at radius 3 is 2.75 bits per heavy atom. The molecule has 0 bridgehead atoms. The van der Waals surface area contributed by atoms with Gasteiger partial charge in [-0.15, -0.1) is 0 Å². The zero-order chi connectivity index (χ0) is 11.5. The zero-order valence-electron chi connectivity index (χ0n) is 9.70.